The highest BCUT2D eigenvalue weighted by atomic mass is 16.5. The van der Waals surface area contributed by atoms with Crippen molar-refractivity contribution < 1.29 is 19.1 Å². The van der Waals surface area contributed by atoms with Gasteiger partial charge in [-0.3, -0.25) is 14.0 Å². The normalized spacial score (nSPS) is 15.2. The number of hydrogen-bond acceptors (Lipinski definition) is 8. The molecule has 5 rings (SSSR count). The van der Waals surface area contributed by atoms with Gasteiger partial charge in [0.15, 0.2) is 0 Å². The van der Waals surface area contributed by atoms with Gasteiger partial charge in [0.2, 0.25) is 5.91 Å². The zero-order valence-corrected chi connectivity index (χ0v) is 21.7. The molecule has 0 spiro atoms. The van der Waals surface area contributed by atoms with Gasteiger partial charge in [0.1, 0.15) is 34.4 Å². The number of methoxy groups -OCH3 is 2. The maximum atomic E-state index is 13.0. The molecule has 1 aliphatic rings. The van der Waals surface area contributed by atoms with Gasteiger partial charge >= 0.3 is 0 Å². The van der Waals surface area contributed by atoms with Gasteiger partial charge in [0, 0.05) is 43.9 Å². The molecule has 3 aromatic heterocycles. The van der Waals surface area contributed by atoms with Crippen LogP contribution in [0.25, 0.3) is 16.8 Å². The number of rotatable bonds is 8. The van der Waals surface area contributed by atoms with Crippen molar-refractivity contribution in [3.63, 3.8) is 0 Å². The number of imidazole rings is 1. The number of nitrogen functional groups attached to an aromatic ring is 1. The zero-order chi connectivity index (χ0) is 27.4. The number of amides is 2. The lowest BCUT2D eigenvalue weighted by Gasteiger charge is -2.22. The number of benzene rings is 1. The Morgan fingerprint density at radius 3 is 2.82 bits per heavy atom. The Labute approximate surface area is 225 Å². The van der Waals surface area contributed by atoms with Gasteiger partial charge < -0.3 is 25.4 Å². The lowest BCUT2D eigenvalue weighted by Crippen LogP contribution is -2.30. The number of ether oxygens (including phenoxy) is 2. The summed E-state index contributed by atoms with van der Waals surface area (Å²) in [6, 6.07) is 10.2. The fraction of sp³-hybridized carbons (Fsp3) is 0.250. The Morgan fingerprint density at radius 2 is 2.05 bits per heavy atom. The Morgan fingerprint density at radius 1 is 1.18 bits per heavy atom. The molecule has 11 heteroatoms. The molecule has 200 valence electrons. The number of pyridine rings is 1. The number of nitrogens with one attached hydrogen (secondary N) is 1. The predicted octanol–water partition coefficient (Wildman–Crippen LogP) is 3.50. The smallest absolute Gasteiger partial charge is 0.260 e. The van der Waals surface area contributed by atoms with E-state index in [2.05, 4.69) is 15.3 Å². The van der Waals surface area contributed by atoms with E-state index in [0.717, 1.165) is 12.8 Å². The molecule has 1 fully saturated rings. The molecule has 0 bridgehead atoms. The summed E-state index contributed by atoms with van der Waals surface area (Å²) in [5.41, 5.74) is 8.58. The first kappa shape index (κ1) is 25.9. The third kappa shape index (κ3) is 5.16. The van der Waals surface area contributed by atoms with Gasteiger partial charge in [-0.25, -0.2) is 15.0 Å². The largest absolute Gasteiger partial charge is 0.496 e. The van der Waals surface area contributed by atoms with Crippen LogP contribution in [-0.2, 0) is 9.53 Å². The van der Waals surface area contributed by atoms with Crippen LogP contribution in [0.5, 0.6) is 5.75 Å². The molecule has 1 aliphatic heterocycles. The van der Waals surface area contributed by atoms with E-state index in [9.17, 15) is 9.59 Å². The van der Waals surface area contributed by atoms with Gasteiger partial charge in [0.05, 0.1) is 25.3 Å². The van der Waals surface area contributed by atoms with E-state index >= 15 is 0 Å². The van der Waals surface area contributed by atoms with Crippen molar-refractivity contribution in [1.82, 2.24) is 24.3 Å². The molecule has 11 nitrogen and oxygen atoms in total. The average Bonchev–Trinajstić information content (AvgIpc) is 3.59. The van der Waals surface area contributed by atoms with Crippen molar-refractivity contribution in [2.24, 2.45) is 0 Å². The van der Waals surface area contributed by atoms with E-state index in [4.69, 9.17) is 20.2 Å². The first-order valence-electron chi connectivity index (χ1n) is 12.5. The number of anilines is 2. The van der Waals surface area contributed by atoms with Crippen LogP contribution in [0.15, 0.2) is 67.1 Å². The minimum absolute atomic E-state index is 0.0974. The first-order valence-corrected chi connectivity index (χ1v) is 12.5. The summed E-state index contributed by atoms with van der Waals surface area (Å²) in [6.07, 6.45) is 9.87. The van der Waals surface area contributed by atoms with Crippen LogP contribution in [-0.4, -0.2) is 63.4 Å². The number of fused-ring (bicyclic) bond motifs is 1. The highest BCUT2D eigenvalue weighted by Gasteiger charge is 2.33. The lowest BCUT2D eigenvalue weighted by atomic mass is 10.1. The fourth-order valence-corrected chi connectivity index (χ4v) is 4.81. The summed E-state index contributed by atoms with van der Waals surface area (Å²) in [4.78, 5) is 41.1. The number of aromatic nitrogens is 4. The molecule has 2 amide bonds. The standard InChI is InChI=1S/C28H29N7O4/c1-38-16-6-9-23(36)34-14-5-7-20(34)27-33-24(25-26(29)31-13-15-35(25)27)18-10-11-19(21(17-18)39-2)28(37)32-22-8-3-4-12-30-22/h3-4,6,8-13,15,17,20H,5,7,14,16H2,1-2H3,(H2,29,31)(H,30,32,37)/b9-6+/t20-/m0/s1. The summed E-state index contributed by atoms with van der Waals surface area (Å²) in [7, 11) is 3.08. The molecule has 3 N–H and O–H groups in total. The highest BCUT2D eigenvalue weighted by Crippen LogP contribution is 2.37. The molecule has 0 unspecified atom stereocenters. The van der Waals surface area contributed by atoms with Crippen molar-refractivity contribution in [3.8, 4) is 17.0 Å². The fourth-order valence-electron chi connectivity index (χ4n) is 4.81. The van der Waals surface area contributed by atoms with E-state index in [1.165, 1.54) is 13.2 Å². The van der Waals surface area contributed by atoms with Crippen LogP contribution in [0.3, 0.4) is 0 Å². The van der Waals surface area contributed by atoms with Crippen molar-refractivity contribution in [3.05, 3.63) is 78.5 Å². The topological polar surface area (TPSA) is 137 Å². The molecule has 1 atom stereocenters. The predicted molar refractivity (Wildman–Crippen MR) is 146 cm³/mol. The van der Waals surface area contributed by atoms with Crippen molar-refractivity contribution >= 4 is 29.0 Å². The lowest BCUT2D eigenvalue weighted by molar-refractivity contribution is -0.127. The van der Waals surface area contributed by atoms with Gasteiger partial charge in [-0.2, -0.15) is 0 Å². The summed E-state index contributed by atoms with van der Waals surface area (Å²) in [5.74, 6) is 1.35. The average molecular weight is 528 g/mol. The number of hydrogen-bond donors (Lipinski definition) is 2. The van der Waals surface area contributed by atoms with Crippen LogP contribution >= 0.6 is 0 Å². The van der Waals surface area contributed by atoms with E-state index < -0.39 is 0 Å². The minimum Gasteiger partial charge on any atom is -0.496 e. The number of carbonyl (C=O) groups is 2. The molecular formula is C28H29N7O4. The molecule has 39 heavy (non-hydrogen) atoms. The summed E-state index contributed by atoms with van der Waals surface area (Å²) in [6.45, 7) is 0.986. The quantitative estimate of drug-likeness (QED) is 0.332. The molecule has 0 aliphatic carbocycles. The highest BCUT2D eigenvalue weighted by molar-refractivity contribution is 6.06. The van der Waals surface area contributed by atoms with E-state index in [1.807, 2.05) is 9.30 Å². The number of nitrogens with zero attached hydrogens (tertiary/aromatic N) is 5. The third-order valence-corrected chi connectivity index (χ3v) is 6.59. The maximum absolute atomic E-state index is 13.0. The maximum Gasteiger partial charge on any atom is 0.260 e. The number of likely N-dealkylation sites (tertiary alicyclic amines) is 1. The molecular weight excluding hydrogens is 498 g/mol. The van der Waals surface area contributed by atoms with Crippen molar-refractivity contribution in [2.75, 3.05) is 38.4 Å². The molecule has 1 aromatic carbocycles. The van der Waals surface area contributed by atoms with Crippen LogP contribution < -0.4 is 15.8 Å². The Hall–Kier alpha value is -4.77. The molecule has 4 heterocycles. The molecule has 0 radical (unpaired) electrons. The van der Waals surface area contributed by atoms with Crippen LogP contribution in [0.2, 0.25) is 0 Å². The van der Waals surface area contributed by atoms with Gasteiger partial charge in [-0.15, -0.1) is 0 Å². The molecule has 1 saturated heterocycles. The zero-order valence-electron chi connectivity index (χ0n) is 21.7. The number of nitrogens with two attached hydrogens (primary N) is 1. The Kier molecular flexibility index (Phi) is 7.50. The van der Waals surface area contributed by atoms with E-state index in [0.29, 0.717) is 58.7 Å². The van der Waals surface area contributed by atoms with Crippen LogP contribution in [0.4, 0.5) is 11.6 Å². The summed E-state index contributed by atoms with van der Waals surface area (Å²) < 4.78 is 12.5. The summed E-state index contributed by atoms with van der Waals surface area (Å²) >= 11 is 0. The SMILES string of the molecule is COC/C=C/C(=O)N1CCC[C@H]1c1nc(-c2ccc(C(=O)Nc3ccccn3)c(OC)c2)c2c(N)nccn12. The third-order valence-electron chi connectivity index (χ3n) is 6.59. The van der Waals surface area contributed by atoms with E-state index in [-0.39, 0.29) is 17.9 Å². The second-order valence-corrected chi connectivity index (χ2v) is 8.98. The Bertz CT molecular complexity index is 1530. The number of carbonyl (C=O) groups excluding carboxylic acids is 2. The first-order chi connectivity index (χ1) is 19.0. The minimum atomic E-state index is -0.352. The van der Waals surface area contributed by atoms with Gasteiger partial charge in [0.25, 0.3) is 5.91 Å². The Balaban J connectivity index is 1.53. The summed E-state index contributed by atoms with van der Waals surface area (Å²) in [5, 5.41) is 2.78. The van der Waals surface area contributed by atoms with Gasteiger partial charge in [-0.05, 0) is 37.1 Å². The van der Waals surface area contributed by atoms with Crippen LogP contribution in [0, 0.1) is 0 Å². The van der Waals surface area contributed by atoms with E-state index in [1.54, 1.807) is 68.2 Å². The second kappa shape index (κ2) is 11.3. The molecule has 4 aromatic rings. The van der Waals surface area contributed by atoms with Crippen molar-refractivity contribution in [1.29, 1.82) is 0 Å². The second-order valence-electron chi connectivity index (χ2n) is 8.98. The molecule has 0 saturated carbocycles. The monoisotopic (exact) mass is 527 g/mol. The van der Waals surface area contributed by atoms with Gasteiger partial charge in [-0.1, -0.05) is 18.2 Å². The van der Waals surface area contributed by atoms with Crippen molar-refractivity contribution in [2.45, 2.75) is 18.9 Å². The van der Waals surface area contributed by atoms with Crippen LogP contribution in [0.1, 0.15) is 35.1 Å².